The molecule has 212 valence electrons. The van der Waals surface area contributed by atoms with Gasteiger partial charge in [0.25, 0.3) is 0 Å². The molecular formula is C31H43N3O5. The number of aliphatic hydroxyl groups excluding tert-OH is 1. The summed E-state index contributed by atoms with van der Waals surface area (Å²) in [6.45, 7) is 16.7. The number of aliphatic hydroxyl groups is 1. The number of rotatable bonds is 12. The Hall–Kier alpha value is -2.97. The normalized spacial score (nSPS) is 30.9. The van der Waals surface area contributed by atoms with Crippen LogP contribution in [0, 0.1) is 17.8 Å². The standard InChI is InChI=1S/C31H43N3O5/c1-7-15-32(20-23-13-10-9-11-14-23)27(36)24-25-28(37)34(17-12-18-35)26(29(38)33(16-8-2)21(3)4)31(25)19-22(5)30(24,6)39-31/h7-11,13-14,21-22,24-26,35H,1-2,12,15-20H2,3-6H3/t22?,24-,25+,26?,30+,31?/m1/s1. The number of carbonyl (C=O) groups is 3. The van der Waals surface area contributed by atoms with Crippen molar-refractivity contribution in [3.05, 3.63) is 61.2 Å². The van der Waals surface area contributed by atoms with E-state index in [1.165, 1.54) is 0 Å². The number of hydrogen-bond donors (Lipinski definition) is 1. The molecule has 3 heterocycles. The minimum Gasteiger partial charge on any atom is -0.396 e. The molecule has 3 aliphatic heterocycles. The number of ether oxygens (including phenoxy) is 1. The SMILES string of the molecule is C=CCN(Cc1ccccc1)C(=O)[C@H]1[C@H]2C(=O)N(CCCO)C(C(=O)N(CC=C)C(C)C)C23CC(C)[C@]1(C)O3. The van der Waals surface area contributed by atoms with E-state index in [2.05, 4.69) is 13.2 Å². The van der Waals surface area contributed by atoms with Crippen molar-refractivity contribution in [2.75, 3.05) is 26.2 Å². The van der Waals surface area contributed by atoms with Crippen molar-refractivity contribution in [3.8, 4) is 0 Å². The third kappa shape index (κ3) is 4.72. The molecule has 6 atom stereocenters. The molecular weight excluding hydrogens is 494 g/mol. The topological polar surface area (TPSA) is 90.4 Å². The molecule has 0 radical (unpaired) electrons. The molecule has 1 aromatic carbocycles. The number of carbonyl (C=O) groups excluding carboxylic acids is 3. The van der Waals surface area contributed by atoms with Crippen molar-refractivity contribution in [2.45, 2.75) is 70.4 Å². The largest absolute Gasteiger partial charge is 0.396 e. The van der Waals surface area contributed by atoms with E-state index in [4.69, 9.17) is 4.74 Å². The van der Waals surface area contributed by atoms with Gasteiger partial charge in [0.15, 0.2) is 0 Å². The van der Waals surface area contributed by atoms with Gasteiger partial charge < -0.3 is 24.5 Å². The van der Waals surface area contributed by atoms with Crippen LogP contribution in [-0.4, -0.2) is 87.1 Å². The third-order valence-electron chi connectivity index (χ3n) is 8.98. The van der Waals surface area contributed by atoms with Crippen LogP contribution in [0.4, 0.5) is 0 Å². The summed E-state index contributed by atoms with van der Waals surface area (Å²) >= 11 is 0. The second-order valence-electron chi connectivity index (χ2n) is 11.7. The summed E-state index contributed by atoms with van der Waals surface area (Å²) < 4.78 is 6.85. The zero-order chi connectivity index (χ0) is 28.5. The Labute approximate surface area is 232 Å². The summed E-state index contributed by atoms with van der Waals surface area (Å²) in [7, 11) is 0. The van der Waals surface area contributed by atoms with Gasteiger partial charge in [0, 0.05) is 38.8 Å². The van der Waals surface area contributed by atoms with Crippen molar-refractivity contribution in [2.24, 2.45) is 17.8 Å². The fourth-order valence-electron chi connectivity index (χ4n) is 7.12. The van der Waals surface area contributed by atoms with E-state index in [0.29, 0.717) is 32.5 Å². The molecule has 3 fully saturated rings. The molecule has 3 saturated heterocycles. The minimum absolute atomic E-state index is 0.0437. The second-order valence-corrected chi connectivity index (χ2v) is 11.7. The van der Waals surface area contributed by atoms with Gasteiger partial charge in [-0.05, 0) is 45.1 Å². The van der Waals surface area contributed by atoms with Crippen LogP contribution in [0.2, 0.25) is 0 Å². The summed E-state index contributed by atoms with van der Waals surface area (Å²) in [6.07, 6.45) is 4.23. The highest BCUT2D eigenvalue weighted by Crippen LogP contribution is 2.65. The van der Waals surface area contributed by atoms with Gasteiger partial charge in [-0.1, -0.05) is 49.4 Å². The molecule has 0 aliphatic carbocycles. The smallest absolute Gasteiger partial charge is 0.248 e. The van der Waals surface area contributed by atoms with Crippen LogP contribution in [0.5, 0.6) is 0 Å². The average Bonchev–Trinajstić information content (AvgIpc) is 3.41. The van der Waals surface area contributed by atoms with Crippen molar-refractivity contribution >= 4 is 17.7 Å². The molecule has 1 N–H and O–H groups in total. The first-order valence-electron chi connectivity index (χ1n) is 14.0. The lowest BCUT2D eigenvalue weighted by Crippen LogP contribution is -2.58. The van der Waals surface area contributed by atoms with Gasteiger partial charge in [0.05, 0.1) is 17.4 Å². The fourth-order valence-corrected chi connectivity index (χ4v) is 7.12. The molecule has 3 amide bonds. The zero-order valence-corrected chi connectivity index (χ0v) is 23.7. The van der Waals surface area contributed by atoms with E-state index in [-0.39, 0.29) is 42.8 Å². The maximum atomic E-state index is 14.4. The highest BCUT2D eigenvalue weighted by Gasteiger charge is 2.80. The summed E-state index contributed by atoms with van der Waals surface area (Å²) in [6, 6.07) is 8.76. The Bertz CT molecular complexity index is 1110. The van der Waals surface area contributed by atoms with Crippen LogP contribution in [-0.2, 0) is 25.7 Å². The van der Waals surface area contributed by atoms with Gasteiger partial charge >= 0.3 is 0 Å². The summed E-state index contributed by atoms with van der Waals surface area (Å²) in [5.41, 5.74) is -1.02. The summed E-state index contributed by atoms with van der Waals surface area (Å²) in [5, 5.41) is 9.60. The molecule has 8 heteroatoms. The Morgan fingerprint density at radius 3 is 2.44 bits per heavy atom. The molecule has 1 aromatic rings. The van der Waals surface area contributed by atoms with Crippen LogP contribution in [0.25, 0.3) is 0 Å². The monoisotopic (exact) mass is 537 g/mol. The fraction of sp³-hybridized carbons (Fsp3) is 0.581. The van der Waals surface area contributed by atoms with Crippen LogP contribution >= 0.6 is 0 Å². The number of benzene rings is 1. The van der Waals surface area contributed by atoms with Crippen molar-refractivity contribution < 1.29 is 24.2 Å². The summed E-state index contributed by atoms with van der Waals surface area (Å²) in [4.78, 5) is 47.9. The lowest BCUT2D eigenvalue weighted by Gasteiger charge is -2.39. The Morgan fingerprint density at radius 1 is 1.18 bits per heavy atom. The lowest BCUT2D eigenvalue weighted by atomic mass is 9.62. The molecule has 0 saturated carbocycles. The Balaban J connectivity index is 1.78. The molecule has 8 nitrogen and oxygen atoms in total. The maximum Gasteiger partial charge on any atom is 0.248 e. The van der Waals surface area contributed by atoms with Gasteiger partial charge in [-0.15, -0.1) is 13.2 Å². The minimum atomic E-state index is -1.11. The van der Waals surface area contributed by atoms with E-state index >= 15 is 0 Å². The maximum absolute atomic E-state index is 14.4. The highest BCUT2D eigenvalue weighted by atomic mass is 16.5. The number of nitrogens with zero attached hydrogens (tertiary/aromatic N) is 3. The Kier molecular flexibility index (Phi) is 8.38. The molecule has 3 aliphatic rings. The van der Waals surface area contributed by atoms with E-state index < -0.39 is 29.1 Å². The van der Waals surface area contributed by atoms with Crippen LogP contribution < -0.4 is 0 Å². The molecule has 4 rings (SSSR count). The lowest BCUT2D eigenvalue weighted by molar-refractivity contribution is -0.155. The number of hydrogen-bond acceptors (Lipinski definition) is 5. The van der Waals surface area contributed by atoms with Gasteiger partial charge in [0.1, 0.15) is 11.6 Å². The predicted octanol–water partition coefficient (Wildman–Crippen LogP) is 3.02. The van der Waals surface area contributed by atoms with Crippen LogP contribution in [0.3, 0.4) is 0 Å². The second kappa shape index (κ2) is 11.3. The summed E-state index contributed by atoms with van der Waals surface area (Å²) in [5.74, 6) is -2.15. The molecule has 3 unspecified atom stereocenters. The zero-order valence-electron chi connectivity index (χ0n) is 23.7. The van der Waals surface area contributed by atoms with Crippen molar-refractivity contribution in [1.82, 2.24) is 14.7 Å². The van der Waals surface area contributed by atoms with E-state index in [1.54, 1.807) is 26.9 Å². The van der Waals surface area contributed by atoms with Gasteiger partial charge in [0.2, 0.25) is 17.7 Å². The number of likely N-dealkylation sites (tertiary alicyclic amines) is 1. The van der Waals surface area contributed by atoms with E-state index in [9.17, 15) is 19.5 Å². The van der Waals surface area contributed by atoms with Crippen LogP contribution in [0.15, 0.2) is 55.6 Å². The molecule has 0 aromatic heterocycles. The molecule has 39 heavy (non-hydrogen) atoms. The van der Waals surface area contributed by atoms with Gasteiger partial charge in [-0.2, -0.15) is 0 Å². The van der Waals surface area contributed by atoms with E-state index in [0.717, 1.165) is 5.56 Å². The first kappa shape index (κ1) is 29.0. The Morgan fingerprint density at radius 2 is 1.85 bits per heavy atom. The van der Waals surface area contributed by atoms with Crippen molar-refractivity contribution in [3.63, 3.8) is 0 Å². The first-order valence-corrected chi connectivity index (χ1v) is 14.0. The quantitative estimate of drug-likeness (QED) is 0.414. The average molecular weight is 538 g/mol. The highest BCUT2D eigenvalue weighted by molar-refractivity contribution is 5.99. The van der Waals surface area contributed by atoms with Crippen LogP contribution in [0.1, 0.15) is 46.1 Å². The molecule has 2 bridgehead atoms. The number of fused-ring (bicyclic) bond motifs is 1. The van der Waals surface area contributed by atoms with Gasteiger partial charge in [-0.25, -0.2) is 0 Å². The van der Waals surface area contributed by atoms with E-state index in [1.807, 2.05) is 58.0 Å². The molecule has 1 spiro atoms. The third-order valence-corrected chi connectivity index (χ3v) is 8.98. The van der Waals surface area contributed by atoms with Crippen molar-refractivity contribution in [1.29, 1.82) is 0 Å². The number of amides is 3. The predicted molar refractivity (Wildman–Crippen MR) is 149 cm³/mol. The first-order chi connectivity index (χ1) is 18.6. The van der Waals surface area contributed by atoms with Gasteiger partial charge in [-0.3, -0.25) is 14.4 Å².